The zero-order chi connectivity index (χ0) is 22.2. The molecule has 0 unspecified atom stereocenters. The minimum atomic E-state index is -4.50. The molecular weight excluding hydrogens is 407 g/mol. The first kappa shape index (κ1) is 20.7. The average Bonchev–Trinajstić information content (AvgIpc) is 3.10. The largest absolute Gasteiger partial charge is 0.467 e. The molecule has 0 aliphatic heterocycles. The molecule has 0 heterocycles. The van der Waals surface area contributed by atoms with Crippen molar-refractivity contribution in [2.24, 2.45) is 0 Å². The van der Waals surface area contributed by atoms with Crippen LogP contribution >= 0.6 is 0 Å². The van der Waals surface area contributed by atoms with Crippen LogP contribution in [0, 0.1) is 0 Å². The Hall–Kier alpha value is -3.61. The number of fused-ring (bicyclic) bond motifs is 3. The van der Waals surface area contributed by atoms with E-state index in [0.717, 1.165) is 46.5 Å². The van der Waals surface area contributed by atoms with Gasteiger partial charge in [-0.1, -0.05) is 48.5 Å². The summed E-state index contributed by atoms with van der Waals surface area (Å²) in [5, 5.41) is 2.67. The van der Waals surface area contributed by atoms with Crippen molar-refractivity contribution in [3.05, 3.63) is 95.1 Å². The van der Waals surface area contributed by atoms with Crippen LogP contribution in [0.3, 0.4) is 0 Å². The maximum absolute atomic E-state index is 12.8. The Morgan fingerprint density at radius 2 is 1.39 bits per heavy atom. The molecule has 4 rings (SSSR count). The van der Waals surface area contributed by atoms with Gasteiger partial charge in [-0.2, -0.15) is 13.2 Å². The van der Waals surface area contributed by atoms with Gasteiger partial charge in [-0.15, -0.1) is 0 Å². The van der Waals surface area contributed by atoms with Crippen molar-refractivity contribution < 1.29 is 27.5 Å². The minimum Gasteiger partial charge on any atom is -0.467 e. The van der Waals surface area contributed by atoms with Gasteiger partial charge in [-0.3, -0.25) is 4.79 Å². The fourth-order valence-corrected chi connectivity index (χ4v) is 3.99. The summed E-state index contributed by atoms with van der Waals surface area (Å²) < 4.78 is 43.4. The second-order valence-corrected chi connectivity index (χ2v) is 7.20. The van der Waals surface area contributed by atoms with Gasteiger partial charge in [0.05, 0.1) is 12.7 Å². The highest BCUT2D eigenvalue weighted by Crippen LogP contribution is 2.46. The van der Waals surface area contributed by atoms with E-state index in [4.69, 9.17) is 4.74 Å². The Balaban J connectivity index is 1.69. The van der Waals surface area contributed by atoms with E-state index < -0.39 is 35.6 Å². The zero-order valence-corrected chi connectivity index (χ0v) is 16.4. The number of halogens is 3. The number of carbonyl (C=O) groups is 2. The molecule has 7 heteroatoms. The molecule has 3 aromatic rings. The first-order chi connectivity index (χ1) is 14.8. The Kier molecular flexibility index (Phi) is 5.27. The number of hydrogen-bond acceptors (Lipinski definition) is 3. The van der Waals surface area contributed by atoms with Crippen LogP contribution in [0.4, 0.5) is 13.2 Å². The molecule has 3 aromatic carbocycles. The third kappa shape index (κ3) is 3.79. The molecular formula is C24H18F3NO3. The number of alkyl halides is 3. The summed E-state index contributed by atoms with van der Waals surface area (Å²) in [4.78, 5) is 25.5. The monoisotopic (exact) mass is 425 g/mol. The zero-order valence-electron chi connectivity index (χ0n) is 16.4. The second-order valence-electron chi connectivity index (χ2n) is 7.20. The molecule has 0 bridgehead atoms. The lowest BCUT2D eigenvalue weighted by atomic mass is 9.89. The van der Waals surface area contributed by atoms with Crippen LogP contribution in [0.25, 0.3) is 11.1 Å². The van der Waals surface area contributed by atoms with Crippen LogP contribution in [0.1, 0.15) is 33.0 Å². The summed E-state index contributed by atoms with van der Waals surface area (Å²) in [5.41, 5.74) is 2.81. The quantitative estimate of drug-likeness (QED) is 0.612. The fraction of sp³-hybridized carbons (Fsp3) is 0.167. The predicted molar refractivity (Wildman–Crippen MR) is 108 cm³/mol. The van der Waals surface area contributed by atoms with Crippen LogP contribution in [0.15, 0.2) is 72.8 Å². The molecule has 1 aliphatic carbocycles. The highest BCUT2D eigenvalue weighted by molar-refractivity contribution is 5.98. The SMILES string of the molecule is COC(=O)[C@@H](NC(=O)c1ccc(C(F)(F)F)cc1)C1c2ccccc2-c2ccccc21. The maximum Gasteiger partial charge on any atom is 0.416 e. The summed E-state index contributed by atoms with van der Waals surface area (Å²) in [7, 11) is 1.23. The molecule has 0 spiro atoms. The number of rotatable bonds is 4. The van der Waals surface area contributed by atoms with Crippen LogP contribution in [-0.4, -0.2) is 25.0 Å². The van der Waals surface area contributed by atoms with Gasteiger partial charge in [0.1, 0.15) is 6.04 Å². The maximum atomic E-state index is 12.8. The molecule has 1 amide bonds. The molecule has 1 atom stereocenters. The molecule has 1 aliphatic rings. The number of hydrogen-bond donors (Lipinski definition) is 1. The Labute approximate surface area is 176 Å². The number of carbonyl (C=O) groups excluding carboxylic acids is 2. The van der Waals surface area contributed by atoms with E-state index in [1.807, 2.05) is 48.5 Å². The number of nitrogens with one attached hydrogen (secondary N) is 1. The molecule has 1 N–H and O–H groups in total. The lowest BCUT2D eigenvalue weighted by molar-refractivity contribution is -0.143. The van der Waals surface area contributed by atoms with Gasteiger partial charge in [-0.05, 0) is 46.5 Å². The van der Waals surface area contributed by atoms with Crippen LogP contribution < -0.4 is 5.32 Å². The van der Waals surface area contributed by atoms with E-state index in [0.29, 0.717) is 0 Å². The lowest BCUT2D eigenvalue weighted by Crippen LogP contribution is -2.45. The van der Waals surface area contributed by atoms with Crippen molar-refractivity contribution >= 4 is 11.9 Å². The molecule has 0 saturated heterocycles. The van der Waals surface area contributed by atoms with Gasteiger partial charge >= 0.3 is 12.1 Å². The van der Waals surface area contributed by atoms with Gasteiger partial charge in [0.15, 0.2) is 0 Å². The molecule has 4 nitrogen and oxygen atoms in total. The average molecular weight is 425 g/mol. The standard InChI is InChI=1S/C24H18F3NO3/c1-31-23(30)21(28-22(29)14-10-12-15(13-11-14)24(25,26)27)20-18-8-4-2-6-16(18)17-7-3-5-9-19(17)20/h2-13,20-21H,1H3,(H,28,29)/t21-/m0/s1. The third-order valence-corrected chi connectivity index (χ3v) is 5.43. The van der Waals surface area contributed by atoms with Crippen LogP contribution in [-0.2, 0) is 15.7 Å². The Morgan fingerprint density at radius 3 is 1.87 bits per heavy atom. The Bertz CT molecular complexity index is 1090. The number of benzene rings is 3. The smallest absolute Gasteiger partial charge is 0.416 e. The fourth-order valence-electron chi connectivity index (χ4n) is 3.99. The van der Waals surface area contributed by atoms with E-state index in [9.17, 15) is 22.8 Å². The van der Waals surface area contributed by atoms with Gasteiger partial charge in [0.25, 0.3) is 5.91 Å². The van der Waals surface area contributed by atoms with Gasteiger partial charge in [-0.25, -0.2) is 4.79 Å². The molecule has 158 valence electrons. The predicted octanol–water partition coefficient (Wildman–Crippen LogP) is 4.79. The summed E-state index contributed by atoms with van der Waals surface area (Å²) in [6.07, 6.45) is -4.50. The van der Waals surface area contributed by atoms with Crippen LogP contribution in [0.2, 0.25) is 0 Å². The normalized spacial score (nSPS) is 13.8. The molecule has 0 saturated carbocycles. The van der Waals surface area contributed by atoms with Crippen molar-refractivity contribution in [2.75, 3.05) is 7.11 Å². The second kappa shape index (κ2) is 7.91. The Morgan fingerprint density at radius 1 is 0.871 bits per heavy atom. The van der Waals surface area contributed by atoms with E-state index in [2.05, 4.69) is 5.32 Å². The van der Waals surface area contributed by atoms with E-state index in [-0.39, 0.29) is 5.56 Å². The molecule has 0 fully saturated rings. The first-order valence-electron chi connectivity index (χ1n) is 9.55. The van der Waals surface area contributed by atoms with E-state index in [1.54, 1.807) is 0 Å². The van der Waals surface area contributed by atoms with E-state index in [1.165, 1.54) is 7.11 Å². The summed E-state index contributed by atoms with van der Waals surface area (Å²) in [6, 6.07) is 18.0. The van der Waals surface area contributed by atoms with Crippen molar-refractivity contribution in [1.82, 2.24) is 5.32 Å². The summed E-state index contributed by atoms with van der Waals surface area (Å²) in [5.74, 6) is -1.79. The topological polar surface area (TPSA) is 55.4 Å². The van der Waals surface area contributed by atoms with Crippen molar-refractivity contribution in [1.29, 1.82) is 0 Å². The third-order valence-electron chi connectivity index (χ3n) is 5.43. The lowest BCUT2D eigenvalue weighted by Gasteiger charge is -2.24. The van der Waals surface area contributed by atoms with Gasteiger partial charge in [0.2, 0.25) is 0 Å². The number of amides is 1. The van der Waals surface area contributed by atoms with Gasteiger partial charge in [0, 0.05) is 11.5 Å². The number of ether oxygens (including phenoxy) is 1. The molecule has 0 radical (unpaired) electrons. The highest BCUT2D eigenvalue weighted by atomic mass is 19.4. The molecule has 0 aromatic heterocycles. The highest BCUT2D eigenvalue weighted by Gasteiger charge is 2.39. The molecule has 31 heavy (non-hydrogen) atoms. The van der Waals surface area contributed by atoms with Crippen molar-refractivity contribution in [3.63, 3.8) is 0 Å². The van der Waals surface area contributed by atoms with Crippen LogP contribution in [0.5, 0.6) is 0 Å². The first-order valence-corrected chi connectivity index (χ1v) is 9.55. The summed E-state index contributed by atoms with van der Waals surface area (Å²) in [6.45, 7) is 0. The summed E-state index contributed by atoms with van der Waals surface area (Å²) >= 11 is 0. The van der Waals surface area contributed by atoms with Gasteiger partial charge < -0.3 is 10.1 Å². The van der Waals surface area contributed by atoms with Crippen molar-refractivity contribution in [3.8, 4) is 11.1 Å². The van der Waals surface area contributed by atoms with Crippen molar-refractivity contribution in [2.45, 2.75) is 18.1 Å². The minimum absolute atomic E-state index is 0.0153. The van der Waals surface area contributed by atoms with E-state index >= 15 is 0 Å². The number of esters is 1. The number of methoxy groups -OCH3 is 1.